The molecule has 0 aliphatic carbocycles. The molecule has 0 aliphatic heterocycles. The van der Waals surface area contributed by atoms with E-state index in [2.05, 4.69) is 15.3 Å². The second kappa shape index (κ2) is 7.31. The van der Waals surface area contributed by atoms with E-state index in [9.17, 15) is 9.59 Å². The van der Waals surface area contributed by atoms with Gasteiger partial charge in [0.2, 0.25) is 5.91 Å². The maximum atomic E-state index is 12.0. The van der Waals surface area contributed by atoms with Crippen LogP contribution < -0.4 is 10.9 Å². The largest absolute Gasteiger partial charge is 0.466 e. The summed E-state index contributed by atoms with van der Waals surface area (Å²) in [4.78, 5) is 30.2. The Balaban J connectivity index is 1.82. The van der Waals surface area contributed by atoms with E-state index in [1.54, 1.807) is 13.8 Å². The van der Waals surface area contributed by atoms with Gasteiger partial charge in [-0.15, -0.1) is 0 Å². The van der Waals surface area contributed by atoms with Crippen LogP contribution in [-0.2, 0) is 11.2 Å². The van der Waals surface area contributed by atoms with Crippen LogP contribution in [0.1, 0.15) is 24.1 Å². The molecule has 0 saturated carbocycles. The highest BCUT2D eigenvalue weighted by molar-refractivity contribution is 8.00. The molecule has 1 atom stereocenters. The van der Waals surface area contributed by atoms with Crippen molar-refractivity contribution < 1.29 is 9.21 Å². The van der Waals surface area contributed by atoms with E-state index in [-0.39, 0.29) is 16.7 Å². The van der Waals surface area contributed by atoms with Crippen molar-refractivity contribution in [1.29, 1.82) is 0 Å². The third kappa shape index (κ3) is 4.77. The normalized spacial score (nSPS) is 12.1. The van der Waals surface area contributed by atoms with Crippen LogP contribution in [0.15, 0.2) is 32.6 Å². The lowest BCUT2D eigenvalue weighted by Gasteiger charge is -2.11. The van der Waals surface area contributed by atoms with Crippen LogP contribution in [0.2, 0.25) is 0 Å². The molecule has 7 heteroatoms. The number of H-pyrrole nitrogens is 1. The Labute approximate surface area is 132 Å². The van der Waals surface area contributed by atoms with Gasteiger partial charge < -0.3 is 14.7 Å². The highest BCUT2D eigenvalue weighted by atomic mass is 32.2. The molecule has 22 heavy (non-hydrogen) atoms. The van der Waals surface area contributed by atoms with Crippen molar-refractivity contribution in [2.75, 3.05) is 6.54 Å². The predicted octanol–water partition coefficient (Wildman–Crippen LogP) is 1.82. The molecule has 0 bridgehead atoms. The van der Waals surface area contributed by atoms with E-state index in [0.717, 1.165) is 11.5 Å². The number of hydrogen-bond acceptors (Lipinski definition) is 5. The smallest absolute Gasteiger partial charge is 0.251 e. The Kier molecular flexibility index (Phi) is 5.43. The number of aromatic amines is 1. The van der Waals surface area contributed by atoms with Crippen molar-refractivity contribution in [1.82, 2.24) is 15.3 Å². The van der Waals surface area contributed by atoms with Gasteiger partial charge >= 0.3 is 0 Å². The summed E-state index contributed by atoms with van der Waals surface area (Å²) >= 11 is 1.23. The molecule has 2 rings (SSSR count). The van der Waals surface area contributed by atoms with Gasteiger partial charge in [-0.3, -0.25) is 9.59 Å². The molecule has 118 valence electrons. The SMILES string of the molecule is Cc1cc(=O)[nH]c(SC(C)C(=O)NCCc2ccc(C)o2)n1. The van der Waals surface area contributed by atoms with E-state index >= 15 is 0 Å². The number of aromatic nitrogens is 2. The van der Waals surface area contributed by atoms with Crippen LogP contribution in [0, 0.1) is 13.8 Å². The number of hydrogen-bond donors (Lipinski definition) is 2. The molecule has 0 aromatic carbocycles. The predicted molar refractivity (Wildman–Crippen MR) is 85.1 cm³/mol. The molecular weight excluding hydrogens is 302 g/mol. The number of nitrogens with one attached hydrogen (secondary N) is 2. The molecule has 6 nitrogen and oxygen atoms in total. The summed E-state index contributed by atoms with van der Waals surface area (Å²) in [5.41, 5.74) is 0.419. The third-order valence-electron chi connectivity index (χ3n) is 2.97. The average molecular weight is 321 g/mol. The van der Waals surface area contributed by atoms with Gasteiger partial charge in [0.25, 0.3) is 5.56 Å². The molecular formula is C15H19N3O3S. The number of thioether (sulfide) groups is 1. The molecule has 0 fully saturated rings. The van der Waals surface area contributed by atoms with Crippen molar-refractivity contribution in [2.45, 2.75) is 37.6 Å². The first-order valence-electron chi connectivity index (χ1n) is 7.01. The molecule has 2 aromatic heterocycles. The summed E-state index contributed by atoms with van der Waals surface area (Å²) in [6, 6.07) is 5.22. The summed E-state index contributed by atoms with van der Waals surface area (Å²) in [6.07, 6.45) is 0.649. The van der Waals surface area contributed by atoms with Gasteiger partial charge in [-0.2, -0.15) is 0 Å². The molecule has 0 saturated heterocycles. The fourth-order valence-corrected chi connectivity index (χ4v) is 2.78. The van der Waals surface area contributed by atoms with Crippen molar-refractivity contribution >= 4 is 17.7 Å². The van der Waals surface area contributed by atoms with E-state index < -0.39 is 0 Å². The van der Waals surface area contributed by atoms with Gasteiger partial charge in [-0.25, -0.2) is 4.98 Å². The Morgan fingerprint density at radius 3 is 2.86 bits per heavy atom. The summed E-state index contributed by atoms with van der Waals surface area (Å²) < 4.78 is 5.44. The summed E-state index contributed by atoms with van der Waals surface area (Å²) in [6.45, 7) is 5.92. The highest BCUT2D eigenvalue weighted by Crippen LogP contribution is 2.18. The Morgan fingerprint density at radius 1 is 1.45 bits per heavy atom. The van der Waals surface area contributed by atoms with E-state index in [0.29, 0.717) is 23.8 Å². The third-order valence-corrected chi connectivity index (χ3v) is 3.96. The first-order chi connectivity index (χ1) is 10.4. The second-order valence-corrected chi connectivity index (χ2v) is 6.33. The van der Waals surface area contributed by atoms with Gasteiger partial charge in [0, 0.05) is 24.7 Å². The molecule has 1 amide bonds. The Hall–Kier alpha value is -2.02. The second-order valence-electron chi connectivity index (χ2n) is 5.01. The van der Waals surface area contributed by atoms with Crippen LogP contribution in [0.4, 0.5) is 0 Å². The van der Waals surface area contributed by atoms with E-state index in [1.165, 1.54) is 17.8 Å². The zero-order valence-corrected chi connectivity index (χ0v) is 13.6. The zero-order valence-electron chi connectivity index (χ0n) is 12.8. The quantitative estimate of drug-likeness (QED) is 0.626. The molecule has 0 spiro atoms. The zero-order chi connectivity index (χ0) is 16.1. The number of aryl methyl sites for hydroxylation is 2. The lowest BCUT2D eigenvalue weighted by molar-refractivity contribution is -0.120. The highest BCUT2D eigenvalue weighted by Gasteiger charge is 2.15. The van der Waals surface area contributed by atoms with E-state index in [1.807, 2.05) is 19.1 Å². The van der Waals surface area contributed by atoms with Crippen LogP contribution in [0.25, 0.3) is 0 Å². The maximum absolute atomic E-state index is 12.0. The number of amides is 1. The van der Waals surface area contributed by atoms with Crippen LogP contribution in [-0.4, -0.2) is 27.7 Å². The number of carbonyl (C=O) groups excluding carboxylic acids is 1. The van der Waals surface area contributed by atoms with Gasteiger partial charge in [-0.05, 0) is 32.9 Å². The van der Waals surface area contributed by atoms with Crippen molar-refractivity contribution in [2.24, 2.45) is 0 Å². The summed E-state index contributed by atoms with van der Waals surface area (Å²) in [7, 11) is 0. The van der Waals surface area contributed by atoms with E-state index in [4.69, 9.17) is 4.42 Å². The van der Waals surface area contributed by atoms with Crippen LogP contribution in [0.5, 0.6) is 0 Å². The first kappa shape index (κ1) is 16.4. The summed E-state index contributed by atoms with van der Waals surface area (Å²) in [5, 5.41) is 2.96. The van der Waals surface area contributed by atoms with Crippen LogP contribution in [0.3, 0.4) is 0 Å². The van der Waals surface area contributed by atoms with Gasteiger partial charge in [0.1, 0.15) is 11.5 Å². The number of furan rings is 1. The van der Waals surface area contributed by atoms with Crippen molar-refractivity contribution in [3.63, 3.8) is 0 Å². The fourth-order valence-electron chi connectivity index (χ4n) is 1.90. The number of nitrogens with zero attached hydrogens (tertiary/aromatic N) is 1. The lowest BCUT2D eigenvalue weighted by Crippen LogP contribution is -2.32. The lowest BCUT2D eigenvalue weighted by atomic mass is 10.3. The minimum Gasteiger partial charge on any atom is -0.466 e. The molecule has 1 unspecified atom stereocenters. The standard InChI is InChI=1S/C15H19N3O3S/c1-9-8-13(19)18-15(17-9)22-11(3)14(20)16-7-6-12-5-4-10(2)21-12/h4-5,8,11H,6-7H2,1-3H3,(H,16,20)(H,17,18,19). The average Bonchev–Trinajstić information content (AvgIpc) is 2.83. The Morgan fingerprint density at radius 2 is 2.23 bits per heavy atom. The summed E-state index contributed by atoms with van der Waals surface area (Å²) in [5.74, 6) is 1.61. The topological polar surface area (TPSA) is 88.0 Å². The minimum absolute atomic E-state index is 0.0996. The first-order valence-corrected chi connectivity index (χ1v) is 7.89. The Bertz CT molecular complexity index is 708. The maximum Gasteiger partial charge on any atom is 0.251 e. The van der Waals surface area contributed by atoms with Gasteiger partial charge in [0.05, 0.1) is 5.25 Å². The van der Waals surface area contributed by atoms with Gasteiger partial charge in [0.15, 0.2) is 5.16 Å². The minimum atomic E-state index is -0.344. The van der Waals surface area contributed by atoms with Crippen molar-refractivity contribution in [3.8, 4) is 0 Å². The molecule has 2 aromatic rings. The van der Waals surface area contributed by atoms with Crippen LogP contribution >= 0.6 is 11.8 Å². The number of rotatable bonds is 6. The van der Waals surface area contributed by atoms with Gasteiger partial charge in [-0.1, -0.05) is 11.8 Å². The monoisotopic (exact) mass is 321 g/mol. The van der Waals surface area contributed by atoms with Crippen molar-refractivity contribution in [3.05, 3.63) is 45.8 Å². The molecule has 2 N–H and O–H groups in total. The molecule has 0 radical (unpaired) electrons. The molecule has 2 heterocycles. The molecule has 0 aliphatic rings. The fraction of sp³-hybridized carbons (Fsp3) is 0.400. The number of carbonyl (C=O) groups is 1.